The largest absolute Gasteiger partial charge is 0.457 e. The second-order valence-electron chi connectivity index (χ2n) is 5.25. The lowest BCUT2D eigenvalue weighted by molar-refractivity contribution is -0.139. The van der Waals surface area contributed by atoms with Crippen molar-refractivity contribution in [1.82, 2.24) is 0 Å². The number of thioether (sulfide) groups is 1. The highest BCUT2D eigenvalue weighted by Gasteiger charge is 2.10. The van der Waals surface area contributed by atoms with Crippen molar-refractivity contribution in [3.63, 3.8) is 0 Å². The first-order valence-electron chi connectivity index (χ1n) is 7.58. The molecule has 0 heterocycles. The van der Waals surface area contributed by atoms with Gasteiger partial charge in [0.25, 0.3) is 0 Å². The maximum Gasteiger partial charge on any atom is 0.316 e. The third kappa shape index (κ3) is 4.24. The molecule has 0 aromatic heterocycles. The van der Waals surface area contributed by atoms with Crippen LogP contribution in [0.15, 0.2) is 77.7 Å². The summed E-state index contributed by atoms with van der Waals surface area (Å²) in [6, 6.07) is 22.9. The van der Waals surface area contributed by atoms with E-state index in [4.69, 9.17) is 4.74 Å². The second kappa shape index (κ2) is 7.79. The lowest BCUT2D eigenvalue weighted by Gasteiger charge is -2.05. The maximum absolute atomic E-state index is 11.9. The van der Waals surface area contributed by atoms with Gasteiger partial charge in [-0.3, -0.25) is 9.59 Å². The number of ether oxygens (including phenoxy) is 1. The standard InChI is InChI=1S/C20H16O3S/c21-19(16-7-2-1-3-8-16)13-23-20(22)14-24-18-11-10-15-6-4-5-9-17(15)12-18/h1-12H,13-14H2. The lowest BCUT2D eigenvalue weighted by Crippen LogP contribution is -2.15. The van der Waals surface area contributed by atoms with E-state index in [-0.39, 0.29) is 18.1 Å². The molecule has 0 aliphatic carbocycles. The molecule has 120 valence electrons. The summed E-state index contributed by atoms with van der Waals surface area (Å²) in [4.78, 5) is 24.7. The Bertz CT molecular complexity index is 859. The van der Waals surface area contributed by atoms with Gasteiger partial charge in [0.05, 0.1) is 5.75 Å². The Morgan fingerprint density at radius 3 is 2.33 bits per heavy atom. The molecule has 0 saturated carbocycles. The fourth-order valence-electron chi connectivity index (χ4n) is 2.29. The van der Waals surface area contributed by atoms with E-state index >= 15 is 0 Å². The average molecular weight is 336 g/mol. The number of hydrogen-bond acceptors (Lipinski definition) is 4. The number of fused-ring (bicyclic) bond motifs is 1. The molecule has 0 saturated heterocycles. The molecule has 0 aliphatic heterocycles. The molecule has 0 radical (unpaired) electrons. The summed E-state index contributed by atoms with van der Waals surface area (Å²) in [6.45, 7) is -0.221. The molecule has 3 rings (SSSR count). The van der Waals surface area contributed by atoms with Crippen molar-refractivity contribution >= 4 is 34.3 Å². The van der Waals surface area contributed by atoms with Gasteiger partial charge in [-0.15, -0.1) is 11.8 Å². The molecule has 0 fully saturated rings. The number of Topliss-reactive ketones (excluding diaryl/α,β-unsaturated/α-hetero) is 1. The van der Waals surface area contributed by atoms with Gasteiger partial charge in [0.1, 0.15) is 0 Å². The van der Waals surface area contributed by atoms with Crippen LogP contribution in [0, 0.1) is 0 Å². The van der Waals surface area contributed by atoms with Gasteiger partial charge in [0.15, 0.2) is 12.4 Å². The SMILES string of the molecule is O=C(CSc1ccc2ccccc2c1)OCC(=O)c1ccccc1. The predicted octanol–water partition coefficient (Wildman–Crippen LogP) is 4.36. The minimum absolute atomic E-state index is 0.181. The monoisotopic (exact) mass is 336 g/mol. The number of hydrogen-bond donors (Lipinski definition) is 0. The van der Waals surface area contributed by atoms with E-state index in [0.717, 1.165) is 15.7 Å². The zero-order chi connectivity index (χ0) is 16.8. The van der Waals surface area contributed by atoms with Crippen LogP contribution < -0.4 is 0 Å². The van der Waals surface area contributed by atoms with Crippen molar-refractivity contribution in [2.24, 2.45) is 0 Å². The number of carbonyl (C=O) groups excluding carboxylic acids is 2. The molecule has 0 aliphatic rings. The van der Waals surface area contributed by atoms with Crippen molar-refractivity contribution in [3.8, 4) is 0 Å². The van der Waals surface area contributed by atoms with Crippen LogP contribution in [-0.2, 0) is 9.53 Å². The van der Waals surface area contributed by atoms with Crippen LogP contribution in [0.1, 0.15) is 10.4 Å². The first-order valence-corrected chi connectivity index (χ1v) is 8.56. The smallest absolute Gasteiger partial charge is 0.316 e. The van der Waals surface area contributed by atoms with E-state index in [1.165, 1.54) is 11.8 Å². The number of benzene rings is 3. The Hall–Kier alpha value is -2.59. The molecule has 3 aromatic carbocycles. The van der Waals surface area contributed by atoms with E-state index in [1.807, 2.05) is 48.5 Å². The Morgan fingerprint density at radius 1 is 0.833 bits per heavy atom. The molecule has 0 amide bonds. The quantitative estimate of drug-likeness (QED) is 0.381. The first kappa shape index (κ1) is 16.3. The highest BCUT2D eigenvalue weighted by Crippen LogP contribution is 2.23. The number of esters is 1. The summed E-state index contributed by atoms with van der Waals surface area (Å²) in [6.07, 6.45) is 0. The topological polar surface area (TPSA) is 43.4 Å². The molecular weight excluding hydrogens is 320 g/mol. The summed E-state index contributed by atoms with van der Waals surface area (Å²) in [5.41, 5.74) is 0.549. The highest BCUT2D eigenvalue weighted by atomic mass is 32.2. The van der Waals surface area contributed by atoms with E-state index in [1.54, 1.807) is 24.3 Å². The summed E-state index contributed by atoms with van der Waals surface area (Å²) in [7, 11) is 0. The first-order chi connectivity index (χ1) is 11.7. The number of ketones is 1. The van der Waals surface area contributed by atoms with E-state index in [2.05, 4.69) is 0 Å². The fraction of sp³-hybridized carbons (Fsp3) is 0.100. The second-order valence-corrected chi connectivity index (χ2v) is 6.30. The zero-order valence-electron chi connectivity index (χ0n) is 13.0. The molecule has 0 spiro atoms. The molecule has 3 aromatic rings. The molecular formula is C20H16O3S. The maximum atomic E-state index is 11.9. The highest BCUT2D eigenvalue weighted by molar-refractivity contribution is 8.00. The van der Waals surface area contributed by atoms with Crippen molar-refractivity contribution in [3.05, 3.63) is 78.4 Å². The Morgan fingerprint density at radius 2 is 1.54 bits per heavy atom. The van der Waals surface area contributed by atoms with E-state index < -0.39 is 5.97 Å². The van der Waals surface area contributed by atoms with Crippen LogP contribution in [-0.4, -0.2) is 24.1 Å². The van der Waals surface area contributed by atoms with Gasteiger partial charge in [-0.2, -0.15) is 0 Å². The molecule has 0 bridgehead atoms. The lowest BCUT2D eigenvalue weighted by atomic mass is 10.1. The molecule has 3 nitrogen and oxygen atoms in total. The molecule has 0 atom stereocenters. The van der Waals surface area contributed by atoms with Gasteiger partial charge in [-0.05, 0) is 22.9 Å². The number of carbonyl (C=O) groups is 2. The van der Waals surface area contributed by atoms with Crippen LogP contribution in [0.25, 0.3) is 10.8 Å². The Balaban J connectivity index is 1.50. The molecule has 0 N–H and O–H groups in total. The third-order valence-corrected chi connectivity index (χ3v) is 4.50. The summed E-state index contributed by atoms with van der Waals surface area (Å²) in [5.74, 6) is -0.405. The Kier molecular flexibility index (Phi) is 5.29. The van der Waals surface area contributed by atoms with Gasteiger partial charge in [0, 0.05) is 10.5 Å². The third-order valence-electron chi connectivity index (χ3n) is 3.54. The van der Waals surface area contributed by atoms with Gasteiger partial charge >= 0.3 is 5.97 Å². The number of rotatable bonds is 6. The van der Waals surface area contributed by atoms with Crippen LogP contribution in [0.5, 0.6) is 0 Å². The molecule has 4 heteroatoms. The molecule has 24 heavy (non-hydrogen) atoms. The van der Waals surface area contributed by atoms with Gasteiger partial charge in [-0.1, -0.05) is 60.7 Å². The average Bonchev–Trinajstić information content (AvgIpc) is 2.65. The van der Waals surface area contributed by atoms with Crippen molar-refractivity contribution in [2.45, 2.75) is 4.90 Å². The van der Waals surface area contributed by atoms with Gasteiger partial charge < -0.3 is 4.74 Å². The summed E-state index contributed by atoms with van der Waals surface area (Å²) >= 11 is 1.41. The Labute approximate surface area is 144 Å². The van der Waals surface area contributed by atoms with Gasteiger partial charge in [-0.25, -0.2) is 0 Å². The van der Waals surface area contributed by atoms with E-state index in [9.17, 15) is 9.59 Å². The zero-order valence-corrected chi connectivity index (χ0v) is 13.8. The fourth-order valence-corrected chi connectivity index (χ4v) is 3.04. The van der Waals surface area contributed by atoms with Crippen molar-refractivity contribution < 1.29 is 14.3 Å². The predicted molar refractivity (Wildman–Crippen MR) is 96.4 cm³/mol. The van der Waals surface area contributed by atoms with Crippen molar-refractivity contribution in [2.75, 3.05) is 12.4 Å². The van der Waals surface area contributed by atoms with Crippen molar-refractivity contribution in [1.29, 1.82) is 0 Å². The summed E-state index contributed by atoms with van der Waals surface area (Å²) < 4.78 is 5.06. The van der Waals surface area contributed by atoms with Crippen LogP contribution in [0.4, 0.5) is 0 Å². The van der Waals surface area contributed by atoms with Crippen LogP contribution in [0.3, 0.4) is 0 Å². The normalized spacial score (nSPS) is 10.5. The summed E-state index contributed by atoms with van der Waals surface area (Å²) in [5, 5.41) is 2.30. The van der Waals surface area contributed by atoms with E-state index in [0.29, 0.717) is 5.56 Å². The van der Waals surface area contributed by atoms with Crippen LogP contribution in [0.2, 0.25) is 0 Å². The minimum atomic E-state index is -0.391. The van der Waals surface area contributed by atoms with Gasteiger partial charge in [0.2, 0.25) is 0 Å². The van der Waals surface area contributed by atoms with Crippen LogP contribution >= 0.6 is 11.8 Å². The minimum Gasteiger partial charge on any atom is -0.457 e. The molecule has 0 unspecified atom stereocenters.